The third kappa shape index (κ3) is 11.2. The fourth-order valence-corrected chi connectivity index (χ4v) is 3.47. The summed E-state index contributed by atoms with van der Waals surface area (Å²) in [5, 5.41) is 0. The minimum absolute atomic E-state index is 0.0604. The van der Waals surface area contributed by atoms with E-state index in [-0.39, 0.29) is 18.4 Å². The summed E-state index contributed by atoms with van der Waals surface area (Å²) < 4.78 is 10.5. The topological polar surface area (TPSA) is 55.8 Å². The summed E-state index contributed by atoms with van der Waals surface area (Å²) in [6.45, 7) is 2.62. The van der Waals surface area contributed by atoms with Crippen LogP contribution >= 0.6 is 0 Å². The van der Waals surface area contributed by atoms with Gasteiger partial charge in [-0.2, -0.15) is 0 Å². The molecule has 1 aromatic carbocycles. The summed E-state index contributed by atoms with van der Waals surface area (Å²) >= 11 is 0. The van der Waals surface area contributed by atoms with Crippen molar-refractivity contribution < 1.29 is 19.1 Å². The van der Waals surface area contributed by atoms with Crippen molar-refractivity contribution in [3.63, 3.8) is 0 Å². The number of likely N-dealkylation sites (N-methyl/N-ethyl adjacent to an activating group) is 1. The third-order valence-electron chi connectivity index (χ3n) is 5.31. The lowest BCUT2D eigenvalue weighted by atomic mass is 10.1. The van der Waals surface area contributed by atoms with E-state index in [0.29, 0.717) is 17.9 Å². The van der Waals surface area contributed by atoms with E-state index in [0.717, 1.165) is 12.8 Å². The van der Waals surface area contributed by atoms with Crippen molar-refractivity contribution in [1.82, 2.24) is 4.90 Å². The van der Waals surface area contributed by atoms with Crippen LogP contribution in [0.25, 0.3) is 0 Å². The maximum absolute atomic E-state index is 12.5. The molecule has 0 aliphatic heterocycles. The molecular formula is C25H41NO4. The Labute approximate surface area is 183 Å². The number of esters is 1. The number of para-hydroxylation sites is 1. The number of unbranched alkanes of at least 4 members (excludes halogenated alkanes) is 11. The largest absolute Gasteiger partial charge is 0.496 e. The fraction of sp³-hybridized carbons (Fsp3) is 0.680. The highest BCUT2D eigenvalue weighted by molar-refractivity contribution is 5.98. The van der Waals surface area contributed by atoms with Gasteiger partial charge in [0.2, 0.25) is 0 Å². The van der Waals surface area contributed by atoms with Crippen molar-refractivity contribution in [3.8, 4) is 5.75 Å². The second-order valence-electron chi connectivity index (χ2n) is 7.97. The van der Waals surface area contributed by atoms with Crippen LogP contribution in [0.4, 0.5) is 0 Å². The Bertz CT molecular complexity index is 603. The van der Waals surface area contributed by atoms with Crippen LogP contribution in [0.1, 0.15) is 94.3 Å². The van der Waals surface area contributed by atoms with Gasteiger partial charge in [-0.1, -0.05) is 89.7 Å². The first-order valence-corrected chi connectivity index (χ1v) is 11.6. The van der Waals surface area contributed by atoms with Crippen molar-refractivity contribution in [2.45, 2.75) is 84.0 Å². The summed E-state index contributed by atoms with van der Waals surface area (Å²) in [5.41, 5.74) is 0.441. The molecule has 5 heteroatoms. The minimum Gasteiger partial charge on any atom is -0.496 e. The van der Waals surface area contributed by atoms with Crippen molar-refractivity contribution >= 4 is 11.9 Å². The minimum atomic E-state index is -0.371. The molecule has 0 heterocycles. The van der Waals surface area contributed by atoms with Crippen molar-refractivity contribution in [2.75, 3.05) is 27.3 Å². The zero-order chi connectivity index (χ0) is 22.0. The van der Waals surface area contributed by atoms with Crippen LogP contribution in [0.2, 0.25) is 0 Å². The normalized spacial score (nSPS) is 10.6. The molecule has 0 saturated carbocycles. The second-order valence-corrected chi connectivity index (χ2v) is 7.97. The molecule has 1 amide bonds. The van der Waals surface area contributed by atoms with Crippen LogP contribution in [0.15, 0.2) is 24.3 Å². The smallest absolute Gasteiger partial charge is 0.325 e. The SMILES string of the molecule is CCCCCCCCCCCCCCOC(=O)CN(C)C(=O)c1ccccc1OC. The summed E-state index contributed by atoms with van der Waals surface area (Å²) in [6, 6.07) is 7.00. The predicted octanol–water partition coefficient (Wildman–Crippen LogP) is 6.01. The zero-order valence-corrected chi connectivity index (χ0v) is 19.3. The Morgan fingerprint density at radius 2 is 1.37 bits per heavy atom. The van der Waals surface area contributed by atoms with Gasteiger partial charge in [0.05, 0.1) is 19.3 Å². The molecule has 0 radical (unpaired) electrons. The molecule has 30 heavy (non-hydrogen) atoms. The number of hydrogen-bond donors (Lipinski definition) is 0. The molecule has 0 bridgehead atoms. The molecule has 0 saturated heterocycles. The van der Waals surface area contributed by atoms with E-state index in [2.05, 4.69) is 6.92 Å². The van der Waals surface area contributed by atoms with Gasteiger partial charge in [-0.3, -0.25) is 9.59 Å². The van der Waals surface area contributed by atoms with Gasteiger partial charge in [-0.25, -0.2) is 0 Å². The first-order chi connectivity index (χ1) is 14.6. The van der Waals surface area contributed by atoms with Gasteiger partial charge < -0.3 is 14.4 Å². The Morgan fingerprint density at radius 1 is 0.833 bits per heavy atom. The maximum Gasteiger partial charge on any atom is 0.325 e. The average molecular weight is 420 g/mol. The molecule has 0 N–H and O–H groups in total. The molecule has 0 atom stereocenters. The van der Waals surface area contributed by atoms with Gasteiger partial charge in [0.15, 0.2) is 0 Å². The number of nitrogens with zero attached hydrogens (tertiary/aromatic N) is 1. The first kappa shape index (κ1) is 26.0. The number of amides is 1. The average Bonchev–Trinajstić information content (AvgIpc) is 2.76. The van der Waals surface area contributed by atoms with Crippen LogP contribution in [-0.4, -0.2) is 44.1 Å². The van der Waals surface area contributed by atoms with Crippen LogP contribution in [-0.2, 0) is 9.53 Å². The zero-order valence-electron chi connectivity index (χ0n) is 19.3. The van der Waals surface area contributed by atoms with E-state index in [1.165, 1.54) is 76.2 Å². The maximum atomic E-state index is 12.5. The number of carbonyl (C=O) groups excluding carboxylic acids is 2. The van der Waals surface area contributed by atoms with Gasteiger partial charge in [-0.15, -0.1) is 0 Å². The Hall–Kier alpha value is -2.04. The van der Waals surface area contributed by atoms with Crippen LogP contribution in [0, 0.1) is 0 Å². The molecule has 1 rings (SSSR count). The quantitative estimate of drug-likeness (QED) is 0.229. The molecule has 1 aromatic rings. The lowest BCUT2D eigenvalue weighted by molar-refractivity contribution is -0.144. The van der Waals surface area contributed by atoms with E-state index >= 15 is 0 Å². The summed E-state index contributed by atoms with van der Waals surface area (Å²) in [7, 11) is 3.12. The Kier molecular flexibility index (Phi) is 14.5. The highest BCUT2D eigenvalue weighted by Gasteiger charge is 2.18. The molecule has 0 aliphatic carbocycles. The molecule has 0 spiro atoms. The first-order valence-electron chi connectivity index (χ1n) is 11.6. The third-order valence-corrected chi connectivity index (χ3v) is 5.31. The van der Waals surface area contributed by atoms with Crippen molar-refractivity contribution in [3.05, 3.63) is 29.8 Å². The molecule has 170 valence electrons. The van der Waals surface area contributed by atoms with Crippen LogP contribution in [0.5, 0.6) is 5.75 Å². The van der Waals surface area contributed by atoms with E-state index in [1.54, 1.807) is 31.3 Å². The lowest BCUT2D eigenvalue weighted by Crippen LogP contribution is -2.33. The summed E-state index contributed by atoms with van der Waals surface area (Å²) in [5.74, 6) is -0.127. The van der Waals surface area contributed by atoms with E-state index in [1.807, 2.05) is 0 Å². The van der Waals surface area contributed by atoms with E-state index < -0.39 is 0 Å². The van der Waals surface area contributed by atoms with Crippen molar-refractivity contribution in [2.24, 2.45) is 0 Å². The summed E-state index contributed by atoms with van der Waals surface area (Å²) in [4.78, 5) is 25.8. The standard InChI is InChI=1S/C25H41NO4/c1-4-5-6-7-8-9-10-11-12-13-14-17-20-30-24(27)21-26(2)25(28)22-18-15-16-19-23(22)29-3/h15-16,18-19H,4-14,17,20-21H2,1-3H3. The van der Waals surface area contributed by atoms with Gasteiger partial charge >= 0.3 is 5.97 Å². The summed E-state index contributed by atoms with van der Waals surface area (Å²) in [6.07, 6.45) is 15.3. The van der Waals surface area contributed by atoms with Crippen LogP contribution in [0.3, 0.4) is 0 Å². The molecular weight excluding hydrogens is 378 g/mol. The number of ether oxygens (including phenoxy) is 2. The molecule has 0 fully saturated rings. The number of carbonyl (C=O) groups is 2. The number of benzene rings is 1. The van der Waals surface area contributed by atoms with Gasteiger partial charge in [0.25, 0.3) is 5.91 Å². The fourth-order valence-electron chi connectivity index (χ4n) is 3.47. The predicted molar refractivity (Wildman–Crippen MR) is 122 cm³/mol. The monoisotopic (exact) mass is 419 g/mol. The van der Waals surface area contributed by atoms with Gasteiger partial charge in [0, 0.05) is 7.05 Å². The number of methoxy groups -OCH3 is 1. The molecule has 0 aromatic heterocycles. The van der Waals surface area contributed by atoms with Gasteiger partial charge in [-0.05, 0) is 18.6 Å². The van der Waals surface area contributed by atoms with Crippen molar-refractivity contribution in [1.29, 1.82) is 0 Å². The number of rotatable bonds is 17. The van der Waals surface area contributed by atoms with E-state index in [4.69, 9.17) is 9.47 Å². The number of hydrogen-bond acceptors (Lipinski definition) is 4. The van der Waals surface area contributed by atoms with Gasteiger partial charge in [0.1, 0.15) is 12.3 Å². The Morgan fingerprint density at radius 3 is 1.93 bits per heavy atom. The highest BCUT2D eigenvalue weighted by Crippen LogP contribution is 2.18. The lowest BCUT2D eigenvalue weighted by Gasteiger charge is -2.17. The van der Waals surface area contributed by atoms with Crippen LogP contribution < -0.4 is 4.74 Å². The molecule has 5 nitrogen and oxygen atoms in total. The van der Waals surface area contributed by atoms with E-state index in [9.17, 15) is 9.59 Å². The second kappa shape index (κ2) is 16.7. The Balaban J connectivity index is 2.05. The molecule has 0 aliphatic rings. The highest BCUT2D eigenvalue weighted by atomic mass is 16.5. The molecule has 0 unspecified atom stereocenters.